The lowest BCUT2D eigenvalue weighted by molar-refractivity contribution is -0.143. The van der Waals surface area contributed by atoms with Gasteiger partial charge in [0.25, 0.3) is 0 Å². The minimum absolute atomic E-state index is 0.231. The van der Waals surface area contributed by atoms with Crippen molar-refractivity contribution < 1.29 is 19.4 Å². The second-order valence-electron chi connectivity index (χ2n) is 8.65. The monoisotopic (exact) mass is 447 g/mol. The Balaban J connectivity index is 1.64. The van der Waals surface area contributed by atoms with Crippen molar-refractivity contribution in [2.75, 3.05) is 19.8 Å². The third-order valence-corrected chi connectivity index (χ3v) is 6.25. The molecule has 0 fully saturated rings. The molecular formula is C23H30ClN3O4. The molecule has 0 unspecified atom stereocenters. The van der Waals surface area contributed by atoms with Gasteiger partial charge in [-0.25, -0.2) is 9.78 Å². The summed E-state index contributed by atoms with van der Waals surface area (Å²) in [6.45, 7) is 6.37. The number of carbonyl (C=O) groups is 2. The Morgan fingerprint density at radius 3 is 2.84 bits per heavy atom. The van der Waals surface area contributed by atoms with Crippen LogP contribution in [0.4, 0.5) is 0 Å². The number of benzene rings is 1. The summed E-state index contributed by atoms with van der Waals surface area (Å²) >= 11 is 6.09. The number of amides is 1. The van der Waals surface area contributed by atoms with Crippen LogP contribution >= 0.6 is 11.6 Å². The van der Waals surface area contributed by atoms with Crippen molar-refractivity contribution in [1.82, 2.24) is 15.3 Å². The number of carbonyl (C=O) groups excluding carboxylic acids is 1. The molecule has 3 rings (SSSR count). The van der Waals surface area contributed by atoms with E-state index in [0.29, 0.717) is 29.3 Å². The summed E-state index contributed by atoms with van der Waals surface area (Å²) in [4.78, 5) is 30.6. The molecule has 3 N–H and O–H groups in total. The molecule has 0 bridgehead atoms. The first-order valence-corrected chi connectivity index (χ1v) is 11.0. The number of rotatable bonds is 9. The quantitative estimate of drug-likeness (QED) is 0.507. The number of nitrogens with one attached hydrogen (secondary N) is 2. The number of ether oxygens (including phenoxy) is 1. The predicted molar refractivity (Wildman–Crippen MR) is 120 cm³/mol. The number of aromatic nitrogens is 2. The number of carboxylic acids is 1. The van der Waals surface area contributed by atoms with Crippen LogP contribution in [0.3, 0.4) is 0 Å². The van der Waals surface area contributed by atoms with Crippen molar-refractivity contribution in [2.45, 2.75) is 33.6 Å². The Labute approximate surface area is 187 Å². The standard InChI is InChI=1S/C23H30ClN3O4/c1-13(2)18-7-15(8-21-26-19-5-4-17(24)9-20(19)27-21)14(3)6-16(18)10-25-22(28)11-31-12-23(29)30/h4-6,9,13,15-16,18H,7-8,10-12H2,1-3H3,(H,25,28)(H,26,27)(H,29,30)/t15-,16-,18-/m0/s1. The molecule has 31 heavy (non-hydrogen) atoms. The number of nitrogens with zero attached hydrogens (tertiary/aromatic N) is 1. The van der Waals surface area contributed by atoms with Crippen molar-refractivity contribution in [2.24, 2.45) is 23.7 Å². The fraction of sp³-hybridized carbons (Fsp3) is 0.522. The Morgan fingerprint density at radius 2 is 2.13 bits per heavy atom. The van der Waals surface area contributed by atoms with Gasteiger partial charge >= 0.3 is 5.97 Å². The maximum Gasteiger partial charge on any atom is 0.329 e. The smallest absolute Gasteiger partial charge is 0.329 e. The summed E-state index contributed by atoms with van der Waals surface area (Å²) in [5, 5.41) is 12.2. The fourth-order valence-corrected chi connectivity index (χ4v) is 4.56. The molecule has 7 nitrogen and oxygen atoms in total. The Kier molecular flexibility index (Phi) is 7.73. The summed E-state index contributed by atoms with van der Waals surface area (Å²) in [7, 11) is 0. The van der Waals surface area contributed by atoms with Gasteiger partial charge in [0.1, 0.15) is 19.0 Å². The van der Waals surface area contributed by atoms with Gasteiger partial charge in [0.05, 0.1) is 11.0 Å². The lowest BCUT2D eigenvalue weighted by atomic mass is 9.70. The van der Waals surface area contributed by atoms with E-state index in [4.69, 9.17) is 26.4 Å². The van der Waals surface area contributed by atoms with E-state index in [9.17, 15) is 9.59 Å². The molecule has 0 spiro atoms. The summed E-state index contributed by atoms with van der Waals surface area (Å²) in [5.74, 6) is 1.08. The third kappa shape index (κ3) is 6.31. The van der Waals surface area contributed by atoms with Gasteiger partial charge in [-0.1, -0.05) is 37.1 Å². The average molecular weight is 448 g/mol. The second kappa shape index (κ2) is 10.3. The highest BCUT2D eigenvalue weighted by Gasteiger charge is 2.32. The minimum atomic E-state index is -1.09. The topological polar surface area (TPSA) is 104 Å². The van der Waals surface area contributed by atoms with Crippen molar-refractivity contribution in [3.63, 3.8) is 0 Å². The number of hydrogen-bond donors (Lipinski definition) is 3. The lowest BCUT2D eigenvalue weighted by Crippen LogP contribution is -2.38. The van der Waals surface area contributed by atoms with E-state index >= 15 is 0 Å². The van der Waals surface area contributed by atoms with E-state index in [1.807, 2.05) is 18.2 Å². The normalized spacial score (nSPS) is 21.3. The number of carboxylic acid groups (broad SMARTS) is 1. The van der Waals surface area contributed by atoms with Gasteiger partial charge in [-0.2, -0.15) is 0 Å². The average Bonchev–Trinajstić information content (AvgIpc) is 3.08. The summed E-state index contributed by atoms with van der Waals surface area (Å²) in [5.41, 5.74) is 3.17. The molecule has 0 saturated heterocycles. The molecular weight excluding hydrogens is 418 g/mol. The van der Waals surface area contributed by atoms with Gasteiger partial charge in [-0.05, 0) is 55.2 Å². The molecule has 2 aromatic rings. The van der Waals surface area contributed by atoms with Gasteiger partial charge in [0, 0.05) is 18.0 Å². The number of allylic oxidation sites excluding steroid dienone is 1. The fourth-order valence-electron chi connectivity index (χ4n) is 4.39. The molecule has 1 amide bonds. The van der Waals surface area contributed by atoms with E-state index in [-0.39, 0.29) is 18.4 Å². The molecule has 168 valence electrons. The molecule has 0 aliphatic heterocycles. The highest BCUT2D eigenvalue weighted by atomic mass is 35.5. The van der Waals surface area contributed by atoms with Crippen molar-refractivity contribution in [1.29, 1.82) is 0 Å². The van der Waals surface area contributed by atoms with Crippen LogP contribution in [-0.2, 0) is 20.7 Å². The molecule has 8 heteroatoms. The van der Waals surface area contributed by atoms with E-state index in [1.165, 1.54) is 5.57 Å². The van der Waals surface area contributed by atoms with Gasteiger partial charge in [-0.15, -0.1) is 0 Å². The van der Waals surface area contributed by atoms with Crippen LogP contribution < -0.4 is 5.32 Å². The van der Waals surface area contributed by atoms with Crippen molar-refractivity contribution >= 4 is 34.5 Å². The zero-order valence-corrected chi connectivity index (χ0v) is 18.9. The van der Waals surface area contributed by atoms with Gasteiger partial charge in [-0.3, -0.25) is 4.79 Å². The number of H-pyrrole nitrogens is 1. The third-order valence-electron chi connectivity index (χ3n) is 6.01. The van der Waals surface area contributed by atoms with Crippen LogP contribution in [0, 0.1) is 23.7 Å². The highest BCUT2D eigenvalue weighted by Crippen LogP contribution is 2.38. The highest BCUT2D eigenvalue weighted by molar-refractivity contribution is 6.31. The number of aliphatic carboxylic acids is 1. The van der Waals surface area contributed by atoms with Gasteiger partial charge in [0.2, 0.25) is 5.91 Å². The number of hydrogen-bond acceptors (Lipinski definition) is 4. The molecule has 1 aliphatic rings. The van der Waals surface area contributed by atoms with Crippen LogP contribution in [0.2, 0.25) is 5.02 Å². The predicted octanol–water partition coefficient (Wildman–Crippen LogP) is 3.83. The molecule has 0 radical (unpaired) electrons. The maximum atomic E-state index is 12.0. The van der Waals surface area contributed by atoms with Crippen molar-refractivity contribution in [3.8, 4) is 0 Å². The minimum Gasteiger partial charge on any atom is -0.480 e. The number of imidazole rings is 1. The van der Waals surface area contributed by atoms with E-state index in [0.717, 1.165) is 29.7 Å². The van der Waals surface area contributed by atoms with E-state index < -0.39 is 12.6 Å². The largest absolute Gasteiger partial charge is 0.480 e. The van der Waals surface area contributed by atoms with E-state index in [2.05, 4.69) is 37.1 Å². The maximum absolute atomic E-state index is 12.0. The van der Waals surface area contributed by atoms with Crippen LogP contribution in [0.5, 0.6) is 0 Å². The molecule has 1 aromatic heterocycles. The molecule has 1 aliphatic carbocycles. The van der Waals surface area contributed by atoms with Crippen molar-refractivity contribution in [3.05, 3.63) is 40.7 Å². The van der Waals surface area contributed by atoms with Gasteiger partial charge in [0.15, 0.2) is 0 Å². The molecule has 0 saturated carbocycles. The number of aromatic amines is 1. The summed E-state index contributed by atoms with van der Waals surface area (Å²) in [6, 6.07) is 5.67. The number of fused-ring (bicyclic) bond motifs is 1. The van der Waals surface area contributed by atoms with E-state index in [1.54, 1.807) is 0 Å². The Morgan fingerprint density at radius 1 is 1.35 bits per heavy atom. The summed E-state index contributed by atoms with van der Waals surface area (Å²) in [6.07, 6.45) is 4.13. The van der Waals surface area contributed by atoms with Crippen LogP contribution in [-0.4, -0.2) is 46.7 Å². The van der Waals surface area contributed by atoms with Gasteiger partial charge < -0.3 is 20.1 Å². The molecule has 1 heterocycles. The molecule has 1 aromatic carbocycles. The number of halogens is 1. The van der Waals surface area contributed by atoms with Crippen LogP contribution in [0.15, 0.2) is 29.8 Å². The zero-order chi connectivity index (χ0) is 22.5. The SMILES string of the molecule is CC1=C[C@@H](CNC(=O)COCC(=O)O)[C@H](C(C)C)C[C@H]1Cc1nc2ccc(Cl)cc2[nH]1. The first-order valence-electron chi connectivity index (χ1n) is 10.6. The van der Waals surface area contributed by atoms with Crippen LogP contribution in [0.25, 0.3) is 11.0 Å². The molecule has 3 atom stereocenters. The zero-order valence-electron chi connectivity index (χ0n) is 18.2. The first-order chi connectivity index (χ1) is 14.7. The Bertz CT molecular complexity index is 969. The lowest BCUT2D eigenvalue weighted by Gasteiger charge is -2.37. The first kappa shape index (κ1) is 23.3. The Hall–Kier alpha value is -2.38. The second-order valence-corrected chi connectivity index (χ2v) is 9.09. The summed E-state index contributed by atoms with van der Waals surface area (Å²) < 4.78 is 4.86. The van der Waals surface area contributed by atoms with Crippen LogP contribution in [0.1, 0.15) is 33.0 Å².